The van der Waals surface area contributed by atoms with E-state index in [9.17, 15) is 36.9 Å². The van der Waals surface area contributed by atoms with Crippen molar-refractivity contribution in [3.05, 3.63) is 53.1 Å². The van der Waals surface area contributed by atoms with Gasteiger partial charge in [-0.1, -0.05) is 38.5 Å². The first kappa shape index (κ1) is 38.7. The van der Waals surface area contributed by atoms with Gasteiger partial charge in [0.2, 0.25) is 11.8 Å². The van der Waals surface area contributed by atoms with Crippen molar-refractivity contribution in [1.29, 1.82) is 5.26 Å². The third-order valence-electron chi connectivity index (χ3n) is 8.63. The molecule has 14 heteroatoms. The third kappa shape index (κ3) is 9.05. The van der Waals surface area contributed by atoms with Gasteiger partial charge < -0.3 is 20.2 Å². The minimum absolute atomic E-state index is 0.127. The van der Waals surface area contributed by atoms with Crippen molar-refractivity contribution in [2.45, 2.75) is 96.5 Å². The summed E-state index contributed by atoms with van der Waals surface area (Å²) in [6.07, 6.45) is 6.02. The van der Waals surface area contributed by atoms with Crippen LogP contribution in [-0.4, -0.2) is 96.9 Å². The van der Waals surface area contributed by atoms with Crippen LogP contribution >= 0.6 is 0 Å². The van der Waals surface area contributed by atoms with Crippen LogP contribution in [0, 0.1) is 23.0 Å². The number of hydrogen-bond donors (Lipinski definition) is 2. The molecule has 48 heavy (non-hydrogen) atoms. The first-order chi connectivity index (χ1) is 22.9. The molecular weight excluding hydrogens is 647 g/mol. The van der Waals surface area contributed by atoms with Crippen molar-refractivity contribution in [2.75, 3.05) is 37.2 Å². The van der Waals surface area contributed by atoms with E-state index < -0.39 is 58.1 Å². The van der Waals surface area contributed by atoms with Gasteiger partial charge in [-0.2, -0.15) is 5.26 Å². The number of piperidine rings is 1. The van der Waals surface area contributed by atoms with Crippen molar-refractivity contribution >= 4 is 34.4 Å². The van der Waals surface area contributed by atoms with E-state index in [0.29, 0.717) is 31.4 Å². The number of anilines is 1. The average Bonchev–Trinajstić information content (AvgIpc) is 3.07. The van der Waals surface area contributed by atoms with Gasteiger partial charge in [-0.15, -0.1) is 0 Å². The van der Waals surface area contributed by atoms with Gasteiger partial charge >= 0.3 is 0 Å². The maximum atomic E-state index is 14.9. The summed E-state index contributed by atoms with van der Waals surface area (Å²) in [5, 5.41) is 23.1. The molecule has 3 amide bonds. The number of unbranched alkanes of at least 4 members (excludes halogenated alkanes) is 1. The Morgan fingerprint density at radius 2 is 1.90 bits per heavy atom. The largest absolute Gasteiger partial charge is 0.384 e. The Hall–Kier alpha value is -3.70. The van der Waals surface area contributed by atoms with Crippen LogP contribution in [0.25, 0.3) is 0 Å². The summed E-state index contributed by atoms with van der Waals surface area (Å²) in [5.74, 6) is -3.61. The quantitative estimate of drug-likeness (QED) is 0.238. The number of nitrogens with one attached hydrogen (secondary N) is 1. The first-order valence-corrected chi connectivity index (χ1v) is 17.8. The SMILES string of the molecule is CC.CCC(=O)N(CC#N)S(=O)CCCCC(=O)N1CCCCC1C1(O)CN(C(=O)c2ccc(F)c(F)c2NC2C=CC(C)=CC2F)C1. The monoisotopic (exact) mass is 693 g/mol. The topological polar surface area (TPSA) is 134 Å². The van der Waals surface area contributed by atoms with Gasteiger partial charge in [-0.25, -0.2) is 21.7 Å². The van der Waals surface area contributed by atoms with Crippen molar-refractivity contribution < 1.29 is 36.9 Å². The molecule has 4 unspecified atom stereocenters. The summed E-state index contributed by atoms with van der Waals surface area (Å²) in [6.45, 7) is 7.22. The number of carbonyl (C=O) groups is 3. The number of halogens is 3. The number of allylic oxidation sites excluding steroid dienone is 2. The molecule has 10 nitrogen and oxygen atoms in total. The number of nitriles is 1. The Morgan fingerprint density at radius 1 is 1.19 bits per heavy atom. The number of rotatable bonds is 12. The van der Waals surface area contributed by atoms with E-state index >= 15 is 0 Å². The smallest absolute Gasteiger partial charge is 0.256 e. The van der Waals surface area contributed by atoms with E-state index in [2.05, 4.69) is 5.32 Å². The van der Waals surface area contributed by atoms with E-state index in [1.54, 1.807) is 24.8 Å². The van der Waals surface area contributed by atoms with Crippen LogP contribution in [-0.2, 0) is 20.6 Å². The molecular formula is C34H46F3N5O5S. The number of benzene rings is 1. The summed E-state index contributed by atoms with van der Waals surface area (Å²) in [6, 6.07) is 2.22. The zero-order valence-electron chi connectivity index (χ0n) is 28.0. The highest BCUT2D eigenvalue weighted by molar-refractivity contribution is 7.83. The molecule has 2 N–H and O–H groups in total. The van der Waals surface area contributed by atoms with Crippen molar-refractivity contribution in [2.24, 2.45) is 0 Å². The summed E-state index contributed by atoms with van der Waals surface area (Å²) < 4.78 is 57.3. The second-order valence-electron chi connectivity index (χ2n) is 12.0. The first-order valence-electron chi connectivity index (χ1n) is 16.5. The maximum absolute atomic E-state index is 14.9. The number of β-amino-alcohol motifs (C(OH)–C–C–N with tert-alkyl or cyclic N) is 1. The van der Waals surface area contributed by atoms with Crippen LogP contribution in [0.15, 0.2) is 35.9 Å². The lowest BCUT2D eigenvalue weighted by atomic mass is 9.80. The van der Waals surface area contributed by atoms with Crippen LogP contribution in [0.3, 0.4) is 0 Å². The van der Waals surface area contributed by atoms with Crippen LogP contribution in [0.2, 0.25) is 0 Å². The van der Waals surface area contributed by atoms with Crippen molar-refractivity contribution in [1.82, 2.24) is 14.1 Å². The minimum atomic E-state index is -1.67. The van der Waals surface area contributed by atoms with Crippen LogP contribution in [0.4, 0.5) is 18.9 Å². The molecule has 2 heterocycles. The van der Waals surface area contributed by atoms with Crippen LogP contribution in [0.5, 0.6) is 0 Å². The third-order valence-corrected chi connectivity index (χ3v) is 10.1. The molecule has 4 atom stereocenters. The van der Waals surface area contributed by atoms with Gasteiger partial charge in [0, 0.05) is 25.1 Å². The number of amides is 3. The Kier molecular flexibility index (Phi) is 14.2. The lowest BCUT2D eigenvalue weighted by Crippen LogP contribution is -2.73. The highest BCUT2D eigenvalue weighted by Gasteiger charge is 2.53. The summed E-state index contributed by atoms with van der Waals surface area (Å²) >= 11 is 0. The second kappa shape index (κ2) is 17.6. The lowest BCUT2D eigenvalue weighted by molar-refractivity contribution is -0.161. The van der Waals surface area contributed by atoms with Gasteiger partial charge in [-0.3, -0.25) is 14.4 Å². The van der Waals surface area contributed by atoms with Crippen molar-refractivity contribution in [3.63, 3.8) is 0 Å². The Bertz CT molecular complexity index is 1460. The molecule has 0 bridgehead atoms. The van der Waals surface area contributed by atoms with E-state index in [0.717, 1.165) is 29.3 Å². The fourth-order valence-corrected chi connectivity index (χ4v) is 7.36. The minimum Gasteiger partial charge on any atom is -0.384 e. The molecule has 4 rings (SSSR count). The molecule has 1 aromatic carbocycles. The number of alkyl halides is 1. The Morgan fingerprint density at radius 3 is 2.54 bits per heavy atom. The van der Waals surface area contributed by atoms with Gasteiger partial charge in [0.1, 0.15) is 29.3 Å². The molecule has 2 saturated heterocycles. The van der Waals surface area contributed by atoms with Gasteiger partial charge in [0.05, 0.1) is 42.5 Å². The molecule has 3 aliphatic rings. The zero-order valence-corrected chi connectivity index (χ0v) is 28.8. The molecule has 0 spiro atoms. The number of aliphatic hydroxyl groups is 1. The lowest BCUT2D eigenvalue weighted by Gasteiger charge is -2.54. The second-order valence-corrected chi connectivity index (χ2v) is 13.4. The summed E-state index contributed by atoms with van der Waals surface area (Å²) in [4.78, 5) is 41.6. The molecule has 1 aromatic rings. The van der Waals surface area contributed by atoms with Gasteiger partial charge in [0.15, 0.2) is 11.6 Å². The van der Waals surface area contributed by atoms with E-state index in [-0.39, 0.29) is 55.6 Å². The fourth-order valence-electron chi connectivity index (χ4n) is 6.13. The molecule has 264 valence electrons. The number of nitrogens with zero attached hydrogens (tertiary/aromatic N) is 4. The van der Waals surface area contributed by atoms with Crippen LogP contribution < -0.4 is 5.32 Å². The van der Waals surface area contributed by atoms with Crippen LogP contribution in [0.1, 0.15) is 83.0 Å². The van der Waals surface area contributed by atoms with Crippen molar-refractivity contribution in [3.8, 4) is 6.07 Å². The number of likely N-dealkylation sites (tertiary alicyclic amines) is 2. The standard InChI is InChI=1S/C32H40F3N5O5S.C2H6/c1-3-27(41)40(16-14-36)46(45)17-7-5-9-28(42)39-15-6-4-8-26(39)32(44)19-38(20-32)31(43)22-11-12-23(33)29(35)30(22)37-25-13-10-21(2)18-24(25)34;1-2/h10-13,18,24-26,37,44H,3-9,15-17,19-20H2,1-2H3;1-2H3. The van der Waals surface area contributed by atoms with E-state index in [4.69, 9.17) is 5.26 Å². The highest BCUT2D eigenvalue weighted by Crippen LogP contribution is 2.36. The molecule has 0 aromatic heterocycles. The molecule has 2 fully saturated rings. The predicted molar refractivity (Wildman–Crippen MR) is 178 cm³/mol. The van der Waals surface area contributed by atoms with Gasteiger partial charge in [-0.05, 0) is 57.2 Å². The highest BCUT2D eigenvalue weighted by atomic mass is 32.2. The maximum Gasteiger partial charge on any atom is 0.256 e. The normalized spacial score (nSPS) is 21.9. The Labute approximate surface area is 283 Å². The average molecular weight is 694 g/mol. The number of hydrogen-bond acceptors (Lipinski definition) is 7. The summed E-state index contributed by atoms with van der Waals surface area (Å²) in [5.41, 5.74) is -1.39. The number of carbonyl (C=O) groups excluding carboxylic acids is 3. The summed E-state index contributed by atoms with van der Waals surface area (Å²) in [7, 11) is -1.67. The predicted octanol–water partition coefficient (Wildman–Crippen LogP) is 4.79. The molecule has 0 saturated carbocycles. The van der Waals surface area contributed by atoms with Gasteiger partial charge in [0.25, 0.3) is 5.91 Å². The zero-order chi connectivity index (χ0) is 35.6. The molecule has 1 aliphatic carbocycles. The van der Waals surface area contributed by atoms with E-state index in [1.807, 2.05) is 19.9 Å². The Balaban J connectivity index is 0.00000307. The molecule has 2 aliphatic heterocycles. The molecule has 0 radical (unpaired) electrons. The fraction of sp³-hybridized carbons (Fsp3) is 0.588. The van der Waals surface area contributed by atoms with E-state index in [1.165, 1.54) is 17.1 Å².